The van der Waals surface area contributed by atoms with Gasteiger partial charge in [-0.25, -0.2) is 8.42 Å². The van der Waals surface area contributed by atoms with Crippen molar-refractivity contribution in [3.8, 4) is 0 Å². The Kier molecular flexibility index (Phi) is 6.09. The number of carbonyl (C=O) groups is 2. The van der Waals surface area contributed by atoms with Gasteiger partial charge < -0.3 is 4.90 Å². The Morgan fingerprint density at radius 1 is 0.909 bits per heavy atom. The summed E-state index contributed by atoms with van der Waals surface area (Å²) in [7, 11) is -3.74. The van der Waals surface area contributed by atoms with Gasteiger partial charge in [-0.15, -0.1) is 0 Å². The molecule has 1 aliphatic carbocycles. The van der Waals surface area contributed by atoms with Crippen LogP contribution in [0.15, 0.2) is 53.4 Å². The summed E-state index contributed by atoms with van der Waals surface area (Å²) in [6, 6.07) is 10.7. The molecular formula is C23H23F3N2O4S. The molecule has 6 nitrogen and oxygen atoms in total. The zero-order valence-electron chi connectivity index (χ0n) is 17.9. The second kappa shape index (κ2) is 8.57. The van der Waals surface area contributed by atoms with Gasteiger partial charge in [0.05, 0.1) is 10.5 Å². The van der Waals surface area contributed by atoms with Crippen LogP contribution in [0.4, 0.5) is 13.2 Å². The van der Waals surface area contributed by atoms with E-state index in [0.29, 0.717) is 17.5 Å². The average Bonchev–Trinajstić information content (AvgIpc) is 3.59. The monoisotopic (exact) mass is 480 g/mol. The maximum Gasteiger partial charge on any atom is 0.416 e. The topological polar surface area (TPSA) is 74.8 Å². The number of amides is 1. The van der Waals surface area contributed by atoms with Gasteiger partial charge in [0.15, 0.2) is 5.78 Å². The van der Waals surface area contributed by atoms with Crippen LogP contribution in [0.3, 0.4) is 0 Å². The second-order valence-electron chi connectivity index (χ2n) is 8.38. The smallest absolute Gasteiger partial charge is 0.340 e. The third-order valence-corrected chi connectivity index (χ3v) is 8.14. The second-order valence-corrected chi connectivity index (χ2v) is 10.3. The van der Waals surface area contributed by atoms with Crippen molar-refractivity contribution in [3.05, 3.63) is 65.2 Å². The van der Waals surface area contributed by atoms with Crippen molar-refractivity contribution in [2.24, 2.45) is 5.92 Å². The lowest BCUT2D eigenvalue weighted by Crippen LogP contribution is -2.51. The first kappa shape index (κ1) is 23.4. The quantitative estimate of drug-likeness (QED) is 0.614. The third kappa shape index (κ3) is 4.81. The number of carbonyl (C=O) groups excluding carboxylic acids is 2. The van der Waals surface area contributed by atoms with Crippen LogP contribution in [-0.4, -0.2) is 55.5 Å². The molecule has 2 unspecified atom stereocenters. The number of halogens is 3. The van der Waals surface area contributed by atoms with Crippen LogP contribution in [-0.2, 0) is 21.0 Å². The van der Waals surface area contributed by atoms with Crippen LogP contribution in [0.2, 0.25) is 0 Å². The fourth-order valence-corrected chi connectivity index (χ4v) is 5.57. The summed E-state index contributed by atoms with van der Waals surface area (Å²) in [5, 5.41) is 0. The molecule has 2 aliphatic rings. The molecule has 10 heteroatoms. The standard InChI is InChI=1S/C23H23F3N2O4S/c1-15(29)16-4-8-19(9-5-16)33(31,32)28-12-10-27(11-13-28)22(30)21-14-20(21)17-2-6-18(7-3-17)23(24,25)26/h2-9,20-21H,10-14H2,1H3. The van der Waals surface area contributed by atoms with Crippen molar-refractivity contribution in [2.45, 2.75) is 30.3 Å². The van der Waals surface area contributed by atoms with E-state index in [9.17, 15) is 31.2 Å². The highest BCUT2D eigenvalue weighted by atomic mass is 32.2. The molecule has 1 heterocycles. The summed E-state index contributed by atoms with van der Waals surface area (Å²) in [6.45, 7) is 2.21. The van der Waals surface area contributed by atoms with E-state index in [1.54, 1.807) is 4.90 Å². The zero-order valence-corrected chi connectivity index (χ0v) is 18.7. The lowest BCUT2D eigenvalue weighted by molar-refractivity contribution is -0.137. The van der Waals surface area contributed by atoms with Crippen molar-refractivity contribution < 1.29 is 31.2 Å². The number of rotatable bonds is 5. The number of hydrogen-bond donors (Lipinski definition) is 0. The van der Waals surface area contributed by atoms with E-state index in [0.717, 1.165) is 12.1 Å². The summed E-state index contributed by atoms with van der Waals surface area (Å²) in [5.41, 5.74) is 0.413. The Balaban J connectivity index is 1.34. The molecule has 0 radical (unpaired) electrons. The molecule has 2 fully saturated rings. The maximum absolute atomic E-state index is 12.9. The minimum absolute atomic E-state index is 0.0943. The molecule has 1 saturated heterocycles. The molecule has 1 aliphatic heterocycles. The van der Waals surface area contributed by atoms with Crippen molar-refractivity contribution >= 4 is 21.7 Å². The Morgan fingerprint density at radius 2 is 1.48 bits per heavy atom. The minimum Gasteiger partial charge on any atom is -0.340 e. The third-order valence-electron chi connectivity index (χ3n) is 6.22. The summed E-state index contributed by atoms with van der Waals surface area (Å²) in [6.07, 6.45) is -3.82. The number of sulfonamides is 1. The summed E-state index contributed by atoms with van der Waals surface area (Å²) in [5.74, 6) is -0.645. The summed E-state index contributed by atoms with van der Waals surface area (Å²) in [4.78, 5) is 26.0. The predicted octanol–water partition coefficient (Wildman–Crippen LogP) is 3.54. The fraction of sp³-hybridized carbons (Fsp3) is 0.391. The minimum atomic E-state index is -4.40. The van der Waals surface area contributed by atoms with E-state index >= 15 is 0 Å². The highest BCUT2D eigenvalue weighted by molar-refractivity contribution is 7.89. The number of benzene rings is 2. The van der Waals surface area contributed by atoms with Crippen LogP contribution in [0.25, 0.3) is 0 Å². The van der Waals surface area contributed by atoms with Crippen molar-refractivity contribution in [1.82, 2.24) is 9.21 Å². The van der Waals surface area contributed by atoms with Crippen LogP contribution >= 0.6 is 0 Å². The zero-order chi connectivity index (χ0) is 24.0. The first-order valence-electron chi connectivity index (χ1n) is 10.6. The molecule has 2 aromatic carbocycles. The Morgan fingerprint density at radius 3 is 2.00 bits per heavy atom. The Labute approximate surface area is 190 Å². The number of piperazine rings is 1. The van der Waals surface area contributed by atoms with Crippen molar-refractivity contribution in [2.75, 3.05) is 26.2 Å². The van der Waals surface area contributed by atoms with Crippen molar-refractivity contribution in [3.63, 3.8) is 0 Å². The number of alkyl halides is 3. The Hall–Kier alpha value is -2.72. The molecule has 1 amide bonds. The molecule has 0 spiro atoms. The molecule has 2 atom stereocenters. The lowest BCUT2D eigenvalue weighted by Gasteiger charge is -2.34. The van der Waals surface area contributed by atoms with Crippen molar-refractivity contribution in [1.29, 1.82) is 0 Å². The van der Waals surface area contributed by atoms with Crippen LogP contribution < -0.4 is 0 Å². The number of nitrogens with zero attached hydrogens (tertiary/aromatic N) is 2. The molecule has 33 heavy (non-hydrogen) atoms. The van der Waals surface area contributed by atoms with Crippen LogP contribution in [0, 0.1) is 5.92 Å². The number of Topliss-reactive ketones (excluding diaryl/α,β-unsaturated/α-hetero) is 1. The fourth-order valence-electron chi connectivity index (χ4n) is 4.15. The molecule has 4 rings (SSSR count). The molecule has 0 aromatic heterocycles. The van der Waals surface area contributed by atoms with Gasteiger partial charge >= 0.3 is 6.18 Å². The van der Waals surface area contributed by atoms with E-state index in [1.165, 1.54) is 47.6 Å². The van der Waals surface area contributed by atoms with E-state index < -0.39 is 21.8 Å². The predicted molar refractivity (Wildman–Crippen MR) is 114 cm³/mol. The Bertz CT molecular complexity index is 1150. The average molecular weight is 481 g/mol. The van der Waals surface area contributed by atoms with E-state index in [1.807, 2.05) is 0 Å². The molecule has 0 N–H and O–H groups in total. The van der Waals surface area contributed by atoms with E-state index in [2.05, 4.69) is 0 Å². The summed E-state index contributed by atoms with van der Waals surface area (Å²) < 4.78 is 65.3. The van der Waals surface area contributed by atoms with Gasteiger partial charge in [-0.3, -0.25) is 9.59 Å². The molecule has 0 bridgehead atoms. The van der Waals surface area contributed by atoms with Crippen LogP contribution in [0.1, 0.15) is 40.7 Å². The number of ketones is 1. The highest BCUT2D eigenvalue weighted by Crippen LogP contribution is 2.49. The van der Waals surface area contributed by atoms with E-state index in [-0.39, 0.29) is 54.6 Å². The van der Waals surface area contributed by atoms with Gasteiger partial charge in [0.25, 0.3) is 0 Å². The molecular weight excluding hydrogens is 457 g/mol. The maximum atomic E-state index is 12.9. The number of hydrogen-bond acceptors (Lipinski definition) is 4. The summed E-state index contributed by atoms with van der Waals surface area (Å²) >= 11 is 0. The van der Waals surface area contributed by atoms with E-state index in [4.69, 9.17) is 0 Å². The normalized spacial score (nSPS) is 21.6. The first-order valence-corrected chi connectivity index (χ1v) is 12.0. The van der Waals surface area contributed by atoms with Gasteiger partial charge in [-0.1, -0.05) is 24.3 Å². The molecule has 2 aromatic rings. The van der Waals surface area contributed by atoms with Gasteiger partial charge in [0, 0.05) is 37.7 Å². The van der Waals surface area contributed by atoms with Crippen LogP contribution in [0.5, 0.6) is 0 Å². The SMILES string of the molecule is CC(=O)c1ccc(S(=O)(=O)N2CCN(C(=O)C3CC3c3ccc(C(F)(F)F)cc3)CC2)cc1. The van der Waals surface area contributed by atoms with Gasteiger partial charge in [0.1, 0.15) is 0 Å². The lowest BCUT2D eigenvalue weighted by atomic mass is 10.1. The molecule has 1 saturated carbocycles. The van der Waals surface area contributed by atoms with Gasteiger partial charge in [-0.05, 0) is 49.1 Å². The first-order chi connectivity index (χ1) is 15.5. The molecule has 176 valence electrons. The largest absolute Gasteiger partial charge is 0.416 e. The van der Waals surface area contributed by atoms with Gasteiger partial charge in [0.2, 0.25) is 15.9 Å². The highest BCUT2D eigenvalue weighted by Gasteiger charge is 2.46. The van der Waals surface area contributed by atoms with Gasteiger partial charge in [-0.2, -0.15) is 17.5 Å².